The summed E-state index contributed by atoms with van der Waals surface area (Å²) in [7, 11) is -6.09. The van der Waals surface area contributed by atoms with E-state index in [1.54, 1.807) is 0 Å². The highest BCUT2D eigenvalue weighted by molar-refractivity contribution is 7.86. The number of hydrogen-bond donors (Lipinski definition) is 2. The fraction of sp³-hybridized carbons (Fsp3) is 0.545. The van der Waals surface area contributed by atoms with Crippen LogP contribution in [0, 0.1) is 0 Å². The number of guanidine groups is 1. The summed E-state index contributed by atoms with van der Waals surface area (Å²) in [6.07, 6.45) is 9.89. The normalized spacial score (nSPS) is 22.6. The largest absolute Gasteiger partial charge is 0.741 e. The van der Waals surface area contributed by atoms with Gasteiger partial charge < -0.3 is 9.29 Å². The van der Waals surface area contributed by atoms with Crippen LogP contribution in [0.3, 0.4) is 0 Å². The molecule has 34 heavy (non-hydrogen) atoms. The third kappa shape index (κ3) is 8.32. The van der Waals surface area contributed by atoms with E-state index in [-0.39, 0.29) is 12.0 Å². The SMILES string of the molecule is CCOC(=O)C/C=C/[C@H]1C[C@H]2CC[C@H](CCc3ccccc3)[N+]2=C(N)N1.O=S(=O)([O-])C(F)(F)F. The number of nitrogens with two attached hydrogens (primary N) is 1. The van der Waals surface area contributed by atoms with Crippen molar-refractivity contribution < 1.29 is 40.2 Å². The molecule has 0 unspecified atom stereocenters. The summed E-state index contributed by atoms with van der Waals surface area (Å²) < 4.78 is 66.2. The number of alkyl halides is 3. The molecule has 3 N–H and O–H groups in total. The fourth-order valence-electron chi connectivity index (χ4n) is 4.14. The van der Waals surface area contributed by atoms with Gasteiger partial charge in [0.2, 0.25) is 0 Å². The summed E-state index contributed by atoms with van der Waals surface area (Å²) in [5.41, 5.74) is 2.10. The molecule has 1 saturated heterocycles. The molecule has 0 radical (unpaired) electrons. The van der Waals surface area contributed by atoms with Gasteiger partial charge in [-0.05, 0) is 38.2 Å². The second-order valence-corrected chi connectivity index (χ2v) is 9.40. The van der Waals surface area contributed by atoms with Crippen molar-refractivity contribution in [2.45, 2.75) is 69.1 Å². The lowest BCUT2D eigenvalue weighted by atomic mass is 10.0. The van der Waals surface area contributed by atoms with E-state index in [4.69, 9.17) is 23.4 Å². The molecule has 2 aliphatic rings. The van der Waals surface area contributed by atoms with Gasteiger partial charge in [0.15, 0.2) is 10.1 Å². The van der Waals surface area contributed by atoms with Crippen molar-refractivity contribution in [3.05, 3.63) is 48.0 Å². The number of ether oxygens (including phenoxy) is 1. The van der Waals surface area contributed by atoms with Crippen LogP contribution < -0.4 is 11.1 Å². The molecule has 0 aromatic heterocycles. The maximum atomic E-state index is 11.4. The molecule has 2 heterocycles. The van der Waals surface area contributed by atoms with Gasteiger partial charge in [0, 0.05) is 6.42 Å². The molecule has 1 fully saturated rings. The molecule has 0 amide bonds. The van der Waals surface area contributed by atoms with Crippen molar-refractivity contribution in [2.75, 3.05) is 6.61 Å². The minimum Gasteiger partial charge on any atom is -0.741 e. The second-order valence-electron chi connectivity index (χ2n) is 8.03. The summed E-state index contributed by atoms with van der Waals surface area (Å²) >= 11 is 0. The predicted molar refractivity (Wildman–Crippen MR) is 119 cm³/mol. The number of carbonyl (C=O) groups excluding carboxylic acids is 1. The molecule has 8 nitrogen and oxygen atoms in total. The Kier molecular flexibility index (Phi) is 9.92. The maximum Gasteiger partial charge on any atom is 0.485 e. The Balaban J connectivity index is 0.000000440. The zero-order valence-electron chi connectivity index (χ0n) is 18.8. The summed E-state index contributed by atoms with van der Waals surface area (Å²) in [5, 5.41) is 3.40. The van der Waals surface area contributed by atoms with Crippen LogP contribution in [-0.4, -0.2) is 59.7 Å². The van der Waals surface area contributed by atoms with Crippen LogP contribution in [0.2, 0.25) is 0 Å². The topological polar surface area (TPSA) is 125 Å². The van der Waals surface area contributed by atoms with Gasteiger partial charge in [-0.1, -0.05) is 42.5 Å². The molecule has 1 aromatic rings. The number of nitrogens with zero attached hydrogens (tertiary/aromatic N) is 1. The van der Waals surface area contributed by atoms with E-state index in [1.165, 1.54) is 18.4 Å². The number of esters is 1. The number of halogens is 3. The first kappa shape index (κ1) is 27.6. The molecule has 3 atom stereocenters. The average Bonchev–Trinajstić information content (AvgIpc) is 3.16. The number of carbonyl (C=O) groups is 1. The van der Waals surface area contributed by atoms with Gasteiger partial charge in [-0.2, -0.15) is 13.2 Å². The zero-order valence-corrected chi connectivity index (χ0v) is 19.6. The van der Waals surface area contributed by atoms with Crippen LogP contribution in [-0.2, 0) is 26.1 Å². The highest BCUT2D eigenvalue weighted by Gasteiger charge is 2.39. The van der Waals surface area contributed by atoms with E-state index < -0.39 is 15.6 Å². The molecule has 2 aliphatic heterocycles. The van der Waals surface area contributed by atoms with Crippen LogP contribution in [0.1, 0.15) is 44.6 Å². The van der Waals surface area contributed by atoms with Gasteiger partial charge in [0.05, 0.1) is 31.2 Å². The van der Waals surface area contributed by atoms with E-state index in [0.29, 0.717) is 25.1 Å². The molecule has 1 aromatic carbocycles. The smallest absolute Gasteiger partial charge is 0.485 e. The lowest BCUT2D eigenvalue weighted by Crippen LogP contribution is -2.54. The van der Waals surface area contributed by atoms with Gasteiger partial charge in [-0.15, -0.1) is 0 Å². The molecular formula is C22H30F3N3O5S. The van der Waals surface area contributed by atoms with Crippen LogP contribution in [0.15, 0.2) is 42.5 Å². The first-order valence-electron chi connectivity index (χ1n) is 11.0. The van der Waals surface area contributed by atoms with E-state index in [9.17, 15) is 18.0 Å². The first-order valence-corrected chi connectivity index (χ1v) is 12.4. The summed E-state index contributed by atoms with van der Waals surface area (Å²) in [6, 6.07) is 11.8. The molecule has 0 spiro atoms. The second kappa shape index (κ2) is 12.2. The Morgan fingerprint density at radius 3 is 2.53 bits per heavy atom. The highest BCUT2D eigenvalue weighted by Crippen LogP contribution is 2.28. The Bertz CT molecular complexity index is 981. The van der Waals surface area contributed by atoms with Crippen LogP contribution in [0.25, 0.3) is 0 Å². The molecule has 0 saturated carbocycles. The van der Waals surface area contributed by atoms with Crippen molar-refractivity contribution in [3.63, 3.8) is 0 Å². The van der Waals surface area contributed by atoms with Gasteiger partial charge in [-0.25, -0.2) is 8.42 Å². The molecule has 3 rings (SSSR count). The fourth-order valence-corrected chi connectivity index (χ4v) is 4.14. The van der Waals surface area contributed by atoms with E-state index >= 15 is 0 Å². The molecule has 12 heteroatoms. The van der Waals surface area contributed by atoms with Crippen molar-refractivity contribution >= 4 is 22.0 Å². The van der Waals surface area contributed by atoms with Crippen LogP contribution in [0.5, 0.6) is 0 Å². The van der Waals surface area contributed by atoms with E-state index in [0.717, 1.165) is 25.2 Å². The lowest BCUT2D eigenvalue weighted by molar-refractivity contribution is -0.587. The van der Waals surface area contributed by atoms with Crippen molar-refractivity contribution in [3.8, 4) is 0 Å². The summed E-state index contributed by atoms with van der Waals surface area (Å²) in [6.45, 7) is 2.25. The highest BCUT2D eigenvalue weighted by atomic mass is 32.2. The minimum atomic E-state index is -6.09. The Morgan fingerprint density at radius 1 is 1.29 bits per heavy atom. The first-order chi connectivity index (χ1) is 15.9. The van der Waals surface area contributed by atoms with E-state index in [1.807, 2.05) is 13.0 Å². The zero-order chi connectivity index (χ0) is 25.4. The number of fused-ring (bicyclic) bond motifs is 1. The molecule has 190 valence electrons. The predicted octanol–water partition coefficient (Wildman–Crippen LogP) is 2.40. The summed E-state index contributed by atoms with van der Waals surface area (Å²) in [5.74, 6) is 0.600. The quantitative estimate of drug-likeness (QED) is 0.192. The van der Waals surface area contributed by atoms with Gasteiger partial charge in [0.25, 0.3) is 0 Å². The van der Waals surface area contributed by atoms with Crippen molar-refractivity contribution in [1.29, 1.82) is 0 Å². The number of hydrogen-bond acceptors (Lipinski definition) is 7. The Labute approximate surface area is 197 Å². The van der Waals surface area contributed by atoms with E-state index in [2.05, 4.69) is 46.3 Å². The standard InChI is InChI=1S/C21H29N3O2.CHF3O3S/c1-2-26-20(25)10-6-9-17-15-19-14-13-18(24(19)21(22)23-17)12-11-16-7-4-3-5-8-16;2-1(3,4)8(5,6)7/h3-9,17-19H,2,10-15H2,1H3,(H2,22,23);(H,5,6,7)/b9-6+;/t17-,18-,19+;/m0./s1. The van der Waals surface area contributed by atoms with Gasteiger partial charge in [-0.3, -0.25) is 20.4 Å². The number of benzene rings is 1. The third-order valence-electron chi connectivity index (χ3n) is 5.61. The lowest BCUT2D eigenvalue weighted by Gasteiger charge is -2.27. The third-order valence-corrected chi connectivity index (χ3v) is 6.18. The minimum absolute atomic E-state index is 0.181. The monoisotopic (exact) mass is 505 g/mol. The molecular weight excluding hydrogens is 475 g/mol. The Hall–Kier alpha value is -2.60. The summed E-state index contributed by atoms with van der Waals surface area (Å²) in [4.78, 5) is 11.4. The van der Waals surface area contributed by atoms with Crippen LogP contribution >= 0.6 is 0 Å². The van der Waals surface area contributed by atoms with Crippen LogP contribution in [0.4, 0.5) is 13.2 Å². The molecule has 0 bridgehead atoms. The van der Waals surface area contributed by atoms with Crippen molar-refractivity contribution in [2.24, 2.45) is 5.73 Å². The Morgan fingerprint density at radius 2 is 1.94 bits per heavy atom. The average molecular weight is 506 g/mol. The van der Waals surface area contributed by atoms with Crippen molar-refractivity contribution in [1.82, 2.24) is 5.32 Å². The number of aryl methyl sites for hydroxylation is 1. The number of rotatable bonds is 7. The maximum absolute atomic E-state index is 11.4. The molecule has 0 aliphatic carbocycles. The van der Waals surface area contributed by atoms with Gasteiger partial charge in [0.1, 0.15) is 0 Å². The number of nitrogens with one attached hydrogen (secondary N) is 1. The van der Waals surface area contributed by atoms with Gasteiger partial charge >= 0.3 is 17.4 Å².